The molecule has 0 spiro atoms. The average molecular weight is 484 g/mol. The Balaban J connectivity index is 1.46. The summed E-state index contributed by atoms with van der Waals surface area (Å²) in [6.45, 7) is 3.84. The first-order valence-electron chi connectivity index (χ1n) is 12.4. The molecule has 0 fully saturated rings. The number of hydrogen-bond donors (Lipinski definition) is 1. The Hall–Kier alpha value is -3.31. The van der Waals surface area contributed by atoms with E-state index in [9.17, 15) is 4.79 Å². The zero-order chi connectivity index (χ0) is 24.3. The zero-order valence-corrected chi connectivity index (χ0v) is 21.1. The van der Waals surface area contributed by atoms with Crippen molar-refractivity contribution < 1.29 is 4.79 Å². The molecule has 4 aromatic rings. The summed E-state index contributed by atoms with van der Waals surface area (Å²) < 4.78 is 2.39. The highest BCUT2D eigenvalue weighted by Crippen LogP contribution is 2.36. The molecule has 35 heavy (non-hydrogen) atoms. The van der Waals surface area contributed by atoms with Crippen LogP contribution in [0.4, 0.5) is 0 Å². The number of hydrogen-bond acceptors (Lipinski definition) is 3. The van der Waals surface area contributed by atoms with Crippen molar-refractivity contribution in [1.29, 1.82) is 0 Å². The lowest BCUT2D eigenvalue weighted by Crippen LogP contribution is -2.26. The molecule has 4 nitrogen and oxygen atoms in total. The molecule has 0 atom stereocenters. The molecular weight excluding hydrogens is 450 g/mol. The zero-order valence-electron chi connectivity index (χ0n) is 20.3. The summed E-state index contributed by atoms with van der Waals surface area (Å²) in [7, 11) is 0. The number of nitrogens with zero attached hydrogens (tertiary/aromatic N) is 2. The summed E-state index contributed by atoms with van der Waals surface area (Å²) in [6, 6.07) is 30.9. The van der Waals surface area contributed by atoms with Gasteiger partial charge in [-0.15, -0.1) is 0 Å². The van der Waals surface area contributed by atoms with Gasteiger partial charge in [-0.1, -0.05) is 116 Å². The molecule has 1 aromatic heterocycles. The number of carbonyl (C=O) groups is 1. The number of benzene rings is 3. The predicted molar refractivity (Wildman–Crippen MR) is 147 cm³/mol. The van der Waals surface area contributed by atoms with Crippen LogP contribution >= 0.6 is 11.8 Å². The number of aromatic nitrogens is 2. The van der Waals surface area contributed by atoms with Gasteiger partial charge in [0.15, 0.2) is 5.16 Å². The maximum absolute atomic E-state index is 12.2. The van der Waals surface area contributed by atoms with Gasteiger partial charge in [-0.3, -0.25) is 4.79 Å². The van der Waals surface area contributed by atoms with Crippen molar-refractivity contribution in [2.24, 2.45) is 0 Å². The molecule has 180 valence electrons. The molecule has 5 heteroatoms. The first-order chi connectivity index (χ1) is 17.3. The van der Waals surface area contributed by atoms with Gasteiger partial charge >= 0.3 is 0 Å². The Morgan fingerprint density at radius 1 is 0.857 bits per heavy atom. The summed E-state index contributed by atoms with van der Waals surface area (Å²) in [5.41, 5.74) is 5.58. The molecule has 0 bridgehead atoms. The number of nitrogens with one attached hydrogen (secondary N) is 1. The maximum atomic E-state index is 12.2. The van der Waals surface area contributed by atoms with Gasteiger partial charge in [0.2, 0.25) is 5.91 Å². The highest BCUT2D eigenvalue weighted by atomic mass is 32.2. The van der Waals surface area contributed by atoms with Gasteiger partial charge in [0.25, 0.3) is 0 Å². The summed E-state index contributed by atoms with van der Waals surface area (Å²) in [5.74, 6) is 0.973. The standard InChI is InChI=1S/C30H33N3OS/c1-2-3-21-33-29(26-18-11-6-12-19-26)28(25-16-9-5-10-17-25)32-30(33)35-22-13-20-31-27(34)23-24-14-7-4-8-15-24/h4-12,14-19H,2-3,13,20-23H2,1H3,(H,31,34). The molecular formula is C30H33N3OS. The van der Waals surface area contributed by atoms with Crippen molar-refractivity contribution in [2.75, 3.05) is 12.3 Å². The largest absolute Gasteiger partial charge is 0.356 e. The van der Waals surface area contributed by atoms with Gasteiger partial charge in [-0.05, 0) is 18.4 Å². The number of amides is 1. The quantitative estimate of drug-likeness (QED) is 0.177. The Morgan fingerprint density at radius 2 is 1.49 bits per heavy atom. The predicted octanol–water partition coefficient (Wildman–Crippen LogP) is 6.86. The summed E-state index contributed by atoms with van der Waals surface area (Å²) in [6.07, 6.45) is 3.56. The summed E-state index contributed by atoms with van der Waals surface area (Å²) >= 11 is 1.78. The van der Waals surface area contributed by atoms with Crippen LogP contribution in [0.5, 0.6) is 0 Å². The first-order valence-corrected chi connectivity index (χ1v) is 13.4. The van der Waals surface area contributed by atoms with Gasteiger partial charge in [0, 0.05) is 30.0 Å². The van der Waals surface area contributed by atoms with Gasteiger partial charge in [0.1, 0.15) is 0 Å². The van der Waals surface area contributed by atoms with Crippen molar-refractivity contribution in [3.63, 3.8) is 0 Å². The second-order valence-electron chi connectivity index (χ2n) is 8.54. The van der Waals surface area contributed by atoms with Crippen molar-refractivity contribution in [3.05, 3.63) is 96.6 Å². The summed E-state index contributed by atoms with van der Waals surface area (Å²) in [5, 5.41) is 4.10. The van der Waals surface area contributed by atoms with Crippen LogP contribution in [0, 0.1) is 0 Å². The monoisotopic (exact) mass is 483 g/mol. The fourth-order valence-corrected chi connectivity index (χ4v) is 5.02. The minimum Gasteiger partial charge on any atom is -0.356 e. The third kappa shape index (κ3) is 6.86. The number of rotatable bonds is 12. The lowest BCUT2D eigenvalue weighted by molar-refractivity contribution is -0.120. The van der Waals surface area contributed by atoms with Crippen molar-refractivity contribution in [1.82, 2.24) is 14.9 Å². The molecule has 0 saturated carbocycles. The van der Waals surface area contributed by atoms with E-state index < -0.39 is 0 Å². The fraction of sp³-hybridized carbons (Fsp3) is 0.267. The third-order valence-corrected chi connectivity index (χ3v) is 6.91. The SMILES string of the molecule is CCCCn1c(SCCCNC(=O)Cc2ccccc2)nc(-c2ccccc2)c1-c1ccccc1. The molecule has 1 N–H and O–H groups in total. The van der Waals surface area contributed by atoms with E-state index in [4.69, 9.17) is 4.98 Å². The smallest absolute Gasteiger partial charge is 0.224 e. The molecule has 4 rings (SSSR count). The van der Waals surface area contributed by atoms with Gasteiger partial charge < -0.3 is 9.88 Å². The van der Waals surface area contributed by atoms with E-state index >= 15 is 0 Å². The Labute approximate surface area is 212 Å². The minimum absolute atomic E-state index is 0.0726. The molecule has 1 amide bonds. The molecule has 0 unspecified atom stereocenters. The van der Waals surface area contributed by atoms with E-state index in [-0.39, 0.29) is 5.91 Å². The fourth-order valence-electron chi connectivity index (χ4n) is 4.06. The maximum Gasteiger partial charge on any atom is 0.224 e. The van der Waals surface area contributed by atoms with Crippen molar-refractivity contribution in [2.45, 2.75) is 44.3 Å². The van der Waals surface area contributed by atoms with E-state index in [2.05, 4.69) is 71.4 Å². The van der Waals surface area contributed by atoms with Crippen LogP contribution < -0.4 is 5.32 Å². The van der Waals surface area contributed by atoms with E-state index in [0.717, 1.165) is 53.5 Å². The number of unbranched alkanes of at least 4 members (excludes halogenated alkanes) is 1. The van der Waals surface area contributed by atoms with E-state index in [1.165, 1.54) is 11.3 Å². The number of thioether (sulfide) groups is 1. The lowest BCUT2D eigenvalue weighted by atomic mass is 10.0. The van der Waals surface area contributed by atoms with Crippen LogP contribution in [-0.2, 0) is 17.8 Å². The third-order valence-electron chi connectivity index (χ3n) is 5.84. The second kappa shape index (κ2) is 13.0. The van der Waals surface area contributed by atoms with Crippen LogP contribution in [-0.4, -0.2) is 27.8 Å². The van der Waals surface area contributed by atoms with Gasteiger partial charge in [0.05, 0.1) is 17.8 Å². The van der Waals surface area contributed by atoms with Gasteiger partial charge in [-0.2, -0.15) is 0 Å². The number of imidazole rings is 1. The molecule has 0 aliphatic rings. The van der Waals surface area contributed by atoms with Crippen LogP contribution in [0.1, 0.15) is 31.7 Å². The minimum atomic E-state index is 0.0726. The topological polar surface area (TPSA) is 46.9 Å². The molecule has 0 aliphatic carbocycles. The van der Waals surface area contributed by atoms with Crippen molar-refractivity contribution in [3.8, 4) is 22.5 Å². The molecule has 0 radical (unpaired) electrons. The van der Waals surface area contributed by atoms with E-state index in [1.54, 1.807) is 11.8 Å². The van der Waals surface area contributed by atoms with Crippen molar-refractivity contribution >= 4 is 17.7 Å². The second-order valence-corrected chi connectivity index (χ2v) is 9.61. The first kappa shape index (κ1) is 24.8. The Bertz CT molecular complexity index is 1190. The highest BCUT2D eigenvalue weighted by Gasteiger charge is 2.20. The Kier molecular flexibility index (Phi) is 9.18. The highest BCUT2D eigenvalue weighted by molar-refractivity contribution is 7.99. The lowest BCUT2D eigenvalue weighted by Gasteiger charge is -2.13. The Morgan fingerprint density at radius 3 is 2.14 bits per heavy atom. The van der Waals surface area contributed by atoms with Crippen LogP contribution in [0.25, 0.3) is 22.5 Å². The molecule has 3 aromatic carbocycles. The molecule has 1 heterocycles. The van der Waals surface area contributed by atoms with Gasteiger partial charge in [-0.25, -0.2) is 4.98 Å². The normalized spacial score (nSPS) is 10.9. The number of carbonyl (C=O) groups excluding carboxylic acids is 1. The molecule has 0 saturated heterocycles. The van der Waals surface area contributed by atoms with E-state index in [0.29, 0.717) is 13.0 Å². The average Bonchev–Trinajstić information content (AvgIpc) is 3.27. The van der Waals surface area contributed by atoms with Crippen LogP contribution in [0.3, 0.4) is 0 Å². The van der Waals surface area contributed by atoms with E-state index in [1.807, 2.05) is 36.4 Å². The summed E-state index contributed by atoms with van der Waals surface area (Å²) in [4.78, 5) is 17.4. The van der Waals surface area contributed by atoms with Crippen LogP contribution in [0.2, 0.25) is 0 Å². The van der Waals surface area contributed by atoms with Crippen LogP contribution in [0.15, 0.2) is 96.2 Å². The molecule has 0 aliphatic heterocycles.